The van der Waals surface area contributed by atoms with Crippen LogP contribution < -0.4 is 5.32 Å². The lowest BCUT2D eigenvalue weighted by Crippen LogP contribution is -2.52. The van der Waals surface area contributed by atoms with E-state index in [-0.39, 0.29) is 25.3 Å². The van der Waals surface area contributed by atoms with Crippen LogP contribution in [-0.4, -0.2) is 59.6 Å². The Morgan fingerprint density at radius 1 is 1.50 bits per heavy atom. The van der Waals surface area contributed by atoms with E-state index < -0.39 is 36.0 Å². The first-order chi connectivity index (χ1) is 10.3. The molecule has 1 aliphatic rings. The number of β-amino-alcohol motifs (C(OH)–C–C–N with tert-alkyl or cyclic N) is 1. The summed E-state index contributed by atoms with van der Waals surface area (Å²) in [6.45, 7) is 3.05. The van der Waals surface area contributed by atoms with Crippen molar-refractivity contribution >= 4 is 17.8 Å². The Labute approximate surface area is 129 Å². The van der Waals surface area contributed by atoms with Crippen molar-refractivity contribution in [2.24, 2.45) is 5.92 Å². The van der Waals surface area contributed by atoms with Crippen LogP contribution in [0.4, 0.5) is 0 Å². The van der Waals surface area contributed by atoms with Crippen LogP contribution in [-0.2, 0) is 19.1 Å². The van der Waals surface area contributed by atoms with Gasteiger partial charge in [0.15, 0.2) is 0 Å². The fourth-order valence-corrected chi connectivity index (χ4v) is 2.48. The van der Waals surface area contributed by atoms with Crippen molar-refractivity contribution in [2.45, 2.75) is 44.9 Å². The Hall–Kier alpha value is -2.14. The number of rotatable bonds is 5. The quantitative estimate of drug-likeness (QED) is 0.640. The van der Waals surface area contributed by atoms with Gasteiger partial charge in [0.05, 0.1) is 19.3 Å². The second-order valence-corrected chi connectivity index (χ2v) is 5.43. The fourth-order valence-electron chi connectivity index (χ4n) is 2.48. The number of amides is 2. The molecule has 1 saturated heterocycles. The van der Waals surface area contributed by atoms with Crippen LogP contribution in [0.15, 0.2) is 0 Å². The molecule has 0 saturated carbocycles. The summed E-state index contributed by atoms with van der Waals surface area (Å²) in [5, 5.41) is 20.9. The van der Waals surface area contributed by atoms with Crippen LogP contribution >= 0.6 is 0 Å². The van der Waals surface area contributed by atoms with Crippen molar-refractivity contribution in [3.05, 3.63) is 0 Å². The maximum Gasteiger partial charge on any atom is 0.328 e. The van der Waals surface area contributed by atoms with Crippen LogP contribution in [0.3, 0.4) is 0 Å². The van der Waals surface area contributed by atoms with Crippen LogP contribution in [0, 0.1) is 17.2 Å². The highest BCUT2D eigenvalue weighted by molar-refractivity contribution is 5.91. The van der Waals surface area contributed by atoms with Gasteiger partial charge in [0.1, 0.15) is 12.1 Å². The minimum atomic E-state index is -0.969. The number of carbonyl (C=O) groups is 3. The van der Waals surface area contributed by atoms with E-state index in [1.807, 2.05) is 6.07 Å². The molecule has 2 amide bonds. The fraction of sp³-hybridized carbons (Fsp3) is 0.714. The Morgan fingerprint density at radius 2 is 2.14 bits per heavy atom. The average Bonchev–Trinajstić information content (AvgIpc) is 2.86. The van der Waals surface area contributed by atoms with Gasteiger partial charge in [-0.3, -0.25) is 9.59 Å². The molecular formula is C14H21N3O5. The molecular weight excluding hydrogens is 290 g/mol. The summed E-state index contributed by atoms with van der Waals surface area (Å²) in [6, 6.07) is 0.146. The number of likely N-dealkylation sites (tertiary alicyclic amines) is 1. The molecule has 0 spiro atoms. The highest BCUT2D eigenvalue weighted by atomic mass is 16.5. The van der Waals surface area contributed by atoms with Gasteiger partial charge < -0.3 is 20.1 Å². The van der Waals surface area contributed by atoms with Crippen LogP contribution in [0.25, 0.3) is 0 Å². The number of hydrogen-bond donors (Lipinski definition) is 2. The number of nitriles is 1. The van der Waals surface area contributed by atoms with E-state index in [0.29, 0.717) is 0 Å². The Balaban J connectivity index is 2.84. The minimum Gasteiger partial charge on any atom is -0.467 e. The van der Waals surface area contributed by atoms with Gasteiger partial charge in [0, 0.05) is 32.2 Å². The first-order valence-corrected chi connectivity index (χ1v) is 7.02. The molecule has 1 aliphatic heterocycles. The average molecular weight is 311 g/mol. The van der Waals surface area contributed by atoms with Crippen LogP contribution in [0.5, 0.6) is 0 Å². The van der Waals surface area contributed by atoms with Gasteiger partial charge in [-0.15, -0.1) is 0 Å². The van der Waals surface area contributed by atoms with Crippen molar-refractivity contribution in [1.29, 1.82) is 5.26 Å². The molecule has 1 fully saturated rings. The number of nitrogens with one attached hydrogen (secondary N) is 1. The Kier molecular flexibility index (Phi) is 6.31. The van der Waals surface area contributed by atoms with Gasteiger partial charge in [-0.1, -0.05) is 6.92 Å². The number of aliphatic hydroxyl groups is 1. The summed E-state index contributed by atoms with van der Waals surface area (Å²) in [5.74, 6) is -1.94. The summed E-state index contributed by atoms with van der Waals surface area (Å²) in [6.07, 6.45) is -0.580. The van der Waals surface area contributed by atoms with Crippen LogP contribution in [0.2, 0.25) is 0 Å². The van der Waals surface area contributed by atoms with Crippen molar-refractivity contribution in [1.82, 2.24) is 10.2 Å². The van der Waals surface area contributed by atoms with Gasteiger partial charge in [-0.25, -0.2) is 4.79 Å². The zero-order chi connectivity index (χ0) is 16.9. The molecule has 0 aromatic rings. The van der Waals surface area contributed by atoms with Crippen molar-refractivity contribution in [3.63, 3.8) is 0 Å². The van der Waals surface area contributed by atoms with Crippen molar-refractivity contribution in [2.75, 3.05) is 13.7 Å². The lowest BCUT2D eigenvalue weighted by Gasteiger charge is -2.26. The summed E-state index contributed by atoms with van der Waals surface area (Å²) in [7, 11) is 1.20. The number of methoxy groups -OCH3 is 1. The van der Waals surface area contributed by atoms with E-state index in [1.54, 1.807) is 6.92 Å². The second kappa shape index (κ2) is 7.75. The SMILES string of the molecule is COC(=O)[C@@H](NC(=O)[C@@H]1C[C@@H](O)CN1C(C)=O)[C@@H](C)CC#N. The van der Waals surface area contributed by atoms with Gasteiger partial charge in [0.2, 0.25) is 11.8 Å². The smallest absolute Gasteiger partial charge is 0.328 e. The predicted octanol–water partition coefficient (Wildman–Crippen LogP) is -0.824. The number of carbonyl (C=O) groups excluding carboxylic acids is 3. The molecule has 4 atom stereocenters. The molecule has 22 heavy (non-hydrogen) atoms. The molecule has 0 bridgehead atoms. The zero-order valence-corrected chi connectivity index (χ0v) is 12.9. The third kappa shape index (κ3) is 4.18. The molecule has 8 nitrogen and oxygen atoms in total. The van der Waals surface area contributed by atoms with E-state index in [9.17, 15) is 19.5 Å². The maximum absolute atomic E-state index is 12.3. The number of ether oxygens (including phenoxy) is 1. The Bertz CT molecular complexity index is 487. The van der Waals surface area contributed by atoms with Gasteiger partial charge in [-0.05, 0) is 0 Å². The first kappa shape index (κ1) is 17.9. The van der Waals surface area contributed by atoms with E-state index in [1.165, 1.54) is 18.9 Å². The van der Waals surface area contributed by atoms with Crippen molar-refractivity contribution < 1.29 is 24.2 Å². The van der Waals surface area contributed by atoms with E-state index >= 15 is 0 Å². The Morgan fingerprint density at radius 3 is 2.64 bits per heavy atom. The third-order valence-corrected chi connectivity index (χ3v) is 3.72. The van der Waals surface area contributed by atoms with Gasteiger partial charge in [0.25, 0.3) is 0 Å². The molecule has 1 rings (SSSR count). The zero-order valence-electron chi connectivity index (χ0n) is 12.9. The van der Waals surface area contributed by atoms with E-state index in [4.69, 9.17) is 5.26 Å². The van der Waals surface area contributed by atoms with Gasteiger partial charge in [-0.2, -0.15) is 5.26 Å². The predicted molar refractivity (Wildman–Crippen MR) is 75.1 cm³/mol. The summed E-state index contributed by atoms with van der Waals surface area (Å²) in [5.41, 5.74) is 0. The number of aliphatic hydroxyl groups excluding tert-OH is 1. The lowest BCUT2D eigenvalue weighted by molar-refractivity contribution is -0.147. The monoisotopic (exact) mass is 311 g/mol. The molecule has 1 heterocycles. The second-order valence-electron chi connectivity index (χ2n) is 5.43. The standard InChI is InChI=1S/C14H21N3O5/c1-8(4-5-15)12(14(21)22-3)16-13(20)11-6-10(19)7-17(11)9(2)18/h8,10-12,19H,4,6-7H2,1-3H3,(H,16,20)/t8-,10+,11-,12-/m0/s1. The minimum absolute atomic E-state index is 0.0732. The van der Waals surface area contributed by atoms with E-state index in [2.05, 4.69) is 10.1 Å². The van der Waals surface area contributed by atoms with Gasteiger partial charge >= 0.3 is 5.97 Å². The largest absolute Gasteiger partial charge is 0.467 e. The number of nitrogens with zero attached hydrogens (tertiary/aromatic N) is 2. The molecule has 8 heteroatoms. The molecule has 2 N–H and O–H groups in total. The lowest BCUT2D eigenvalue weighted by atomic mass is 9.98. The topological polar surface area (TPSA) is 120 Å². The van der Waals surface area contributed by atoms with E-state index in [0.717, 1.165) is 0 Å². The maximum atomic E-state index is 12.3. The molecule has 0 aliphatic carbocycles. The molecule has 0 radical (unpaired) electrons. The summed E-state index contributed by atoms with van der Waals surface area (Å²) in [4.78, 5) is 36.9. The molecule has 122 valence electrons. The molecule has 0 aromatic carbocycles. The van der Waals surface area contributed by atoms with Crippen molar-refractivity contribution in [3.8, 4) is 6.07 Å². The molecule has 0 unspecified atom stereocenters. The normalized spacial score (nSPS) is 23.3. The highest BCUT2D eigenvalue weighted by Gasteiger charge is 2.39. The summed E-state index contributed by atoms with van der Waals surface area (Å²) >= 11 is 0. The third-order valence-electron chi connectivity index (χ3n) is 3.72. The summed E-state index contributed by atoms with van der Waals surface area (Å²) < 4.78 is 4.65. The first-order valence-electron chi connectivity index (χ1n) is 7.02. The molecule has 0 aromatic heterocycles. The van der Waals surface area contributed by atoms with Crippen LogP contribution in [0.1, 0.15) is 26.7 Å². The number of hydrogen-bond acceptors (Lipinski definition) is 6. The highest BCUT2D eigenvalue weighted by Crippen LogP contribution is 2.19. The number of esters is 1.